The zero-order valence-corrected chi connectivity index (χ0v) is 13.8. The molecule has 1 N–H and O–H groups in total. The Morgan fingerprint density at radius 1 is 1.24 bits per heavy atom. The van der Waals surface area contributed by atoms with Crippen molar-refractivity contribution in [3.8, 4) is 17.2 Å². The van der Waals surface area contributed by atoms with E-state index in [0.717, 1.165) is 7.11 Å². The van der Waals surface area contributed by atoms with Crippen LogP contribution in [0.5, 0.6) is 17.2 Å². The third kappa shape index (κ3) is 6.31. The highest BCUT2D eigenvalue weighted by Crippen LogP contribution is 2.28. The van der Waals surface area contributed by atoms with Gasteiger partial charge in [0.05, 0.1) is 35.3 Å². The Labute approximate surface area is 171 Å². The first kappa shape index (κ1) is 7.20. The molecule has 0 aliphatic carbocycles. The summed E-state index contributed by atoms with van der Waals surface area (Å²) >= 11 is 0. The molecule has 2 aromatic carbocycles. The average Bonchev–Trinajstić information content (AvgIpc) is 2.83. The van der Waals surface area contributed by atoms with Gasteiger partial charge in [0.25, 0.3) is 0 Å². The molecule has 0 fully saturated rings. The lowest BCUT2D eigenvalue weighted by Crippen LogP contribution is -2.17. The van der Waals surface area contributed by atoms with E-state index in [-0.39, 0.29) is 11.6 Å². The fourth-order valence-electron chi connectivity index (χ4n) is 1.73. The largest absolute Gasteiger partial charge is 0.493 e. The molecule has 0 radical (unpaired) electrons. The number of methoxy groups -OCH3 is 2. The van der Waals surface area contributed by atoms with Crippen molar-refractivity contribution in [3.63, 3.8) is 0 Å². The Bertz CT molecular complexity index is 1250. The second-order valence-corrected chi connectivity index (χ2v) is 4.83. The number of hydrogen-bond donors (Lipinski definition) is 1. The molecule has 1 unspecified atom stereocenters. The second kappa shape index (κ2) is 9.94. The normalized spacial score (nSPS) is 23.4. The highest BCUT2D eigenvalue weighted by atomic mass is 16.5. The van der Waals surface area contributed by atoms with Gasteiger partial charge < -0.3 is 19.3 Å². The standard InChI is InChI=1S/C21H28O4/c1-16-7-6-10-19(13-16)25-15-18(22)9-5-4-8-17-11-12-20(23-2)21(14-17)24-3/h6-7,10-14,18,22H,4-5,8-9,15H2,1-3H3/i3D3,4D2,6D,7D,8D2,10D,11D,12D,13D,14D,18D. The number of hydrogen-bond acceptors (Lipinski definition) is 4. The fraction of sp³-hybridized carbons (Fsp3) is 0.429. The first-order valence-electron chi connectivity index (χ1n) is 14.8. The summed E-state index contributed by atoms with van der Waals surface area (Å²) in [4.78, 5) is 0. The topological polar surface area (TPSA) is 47.9 Å². The summed E-state index contributed by atoms with van der Waals surface area (Å²) in [7, 11) is -2.13. The molecule has 0 saturated carbocycles. The van der Waals surface area contributed by atoms with Crippen molar-refractivity contribution in [1.29, 1.82) is 0 Å². The molecule has 0 bridgehead atoms. The van der Waals surface area contributed by atoms with E-state index in [9.17, 15) is 5.11 Å². The minimum absolute atomic E-state index is 0.0292. The molecular formula is C21H28O4. The number of ether oxygens (including phenoxy) is 3. The van der Waals surface area contributed by atoms with Gasteiger partial charge in [-0.2, -0.15) is 0 Å². The molecular weight excluding hydrogens is 316 g/mol. The molecule has 4 nitrogen and oxygen atoms in total. The molecule has 25 heavy (non-hydrogen) atoms. The molecule has 0 aliphatic rings. The maximum absolute atomic E-state index is 10.5. The Kier molecular flexibility index (Phi) is 2.86. The summed E-state index contributed by atoms with van der Waals surface area (Å²) in [5.41, 5.74) is -0.972. The van der Waals surface area contributed by atoms with Crippen LogP contribution in [0, 0.1) is 6.92 Å². The molecule has 0 spiro atoms. The van der Waals surface area contributed by atoms with Gasteiger partial charge in [-0.1, -0.05) is 24.5 Å². The van der Waals surface area contributed by atoms with Crippen LogP contribution in [0.15, 0.2) is 42.3 Å². The van der Waals surface area contributed by atoms with Gasteiger partial charge in [0.2, 0.25) is 0 Å². The third-order valence-corrected chi connectivity index (χ3v) is 2.91. The molecule has 1 atom stereocenters. The summed E-state index contributed by atoms with van der Waals surface area (Å²) < 4.78 is 134. The first-order chi connectivity index (χ1) is 18.0. The summed E-state index contributed by atoms with van der Waals surface area (Å²) in [5.74, 6) is -1.98. The van der Waals surface area contributed by atoms with Crippen molar-refractivity contribution >= 4 is 0 Å². The van der Waals surface area contributed by atoms with Crippen molar-refractivity contribution in [2.75, 3.05) is 20.8 Å². The van der Waals surface area contributed by atoms with Gasteiger partial charge in [-0.15, -0.1) is 0 Å². The highest BCUT2D eigenvalue weighted by molar-refractivity contribution is 5.42. The minimum Gasteiger partial charge on any atom is -0.493 e. The van der Waals surface area contributed by atoms with E-state index in [1.165, 1.54) is 6.92 Å². The Hall–Kier alpha value is -2.20. The minimum atomic E-state index is -3.24. The second-order valence-electron chi connectivity index (χ2n) is 4.83. The van der Waals surface area contributed by atoms with Gasteiger partial charge in [-0.05, 0) is 61.4 Å². The van der Waals surface area contributed by atoms with Crippen LogP contribution in [0.4, 0.5) is 0 Å². The van der Waals surface area contributed by atoms with Gasteiger partial charge in [-0.3, -0.25) is 0 Å². The van der Waals surface area contributed by atoms with E-state index in [1.54, 1.807) is 0 Å². The first-order valence-corrected chi connectivity index (χ1v) is 7.30. The molecule has 0 heterocycles. The molecule has 2 aromatic rings. The van der Waals surface area contributed by atoms with Gasteiger partial charge in [0, 0.05) is 5.48 Å². The van der Waals surface area contributed by atoms with Crippen LogP contribution >= 0.6 is 0 Å². The summed E-state index contributed by atoms with van der Waals surface area (Å²) in [6.07, 6.45) is -10.5. The van der Waals surface area contributed by atoms with E-state index in [2.05, 4.69) is 0 Å². The molecule has 4 heteroatoms. The van der Waals surface area contributed by atoms with Crippen molar-refractivity contribution < 1.29 is 39.9 Å². The third-order valence-electron chi connectivity index (χ3n) is 2.91. The maximum Gasteiger partial charge on any atom is 0.160 e. The van der Waals surface area contributed by atoms with E-state index < -0.39 is 104 Å². The van der Waals surface area contributed by atoms with Crippen molar-refractivity contribution in [2.45, 2.75) is 38.6 Å². The van der Waals surface area contributed by atoms with Crippen LogP contribution in [-0.4, -0.2) is 31.9 Å². The van der Waals surface area contributed by atoms with Gasteiger partial charge in [-0.25, -0.2) is 0 Å². The van der Waals surface area contributed by atoms with Crippen LogP contribution in [0.2, 0.25) is 0 Å². The van der Waals surface area contributed by atoms with Crippen molar-refractivity contribution in [2.24, 2.45) is 0 Å². The summed E-state index contributed by atoms with van der Waals surface area (Å²) in [6, 6.07) is -4.74. The van der Waals surface area contributed by atoms with E-state index in [4.69, 9.17) is 34.8 Å². The maximum atomic E-state index is 10.5. The van der Waals surface area contributed by atoms with Crippen LogP contribution < -0.4 is 14.2 Å². The lowest BCUT2D eigenvalue weighted by molar-refractivity contribution is 0.0976. The smallest absolute Gasteiger partial charge is 0.160 e. The van der Waals surface area contributed by atoms with Crippen LogP contribution in [-0.2, 0) is 6.37 Å². The van der Waals surface area contributed by atoms with Crippen LogP contribution in [0.1, 0.15) is 50.9 Å². The molecule has 136 valence electrons. The summed E-state index contributed by atoms with van der Waals surface area (Å²) in [5, 5.41) is 10.5. The van der Waals surface area contributed by atoms with Gasteiger partial charge >= 0.3 is 0 Å². The number of benzene rings is 2. The molecule has 2 rings (SSSR count). The molecule has 0 amide bonds. The Morgan fingerprint density at radius 2 is 2.12 bits per heavy atom. The predicted octanol–water partition coefficient (Wildman–Crippen LogP) is 4.16. The van der Waals surface area contributed by atoms with Crippen molar-refractivity contribution in [3.05, 3.63) is 53.4 Å². The molecule has 0 aliphatic heterocycles. The molecule has 0 saturated heterocycles. The van der Waals surface area contributed by atoms with Gasteiger partial charge in [0.1, 0.15) is 12.4 Å². The van der Waals surface area contributed by atoms with Gasteiger partial charge in [0.15, 0.2) is 11.5 Å². The number of aliphatic hydroxyl groups is 1. The monoisotopic (exact) mass is 359 g/mol. The number of rotatable bonds is 10. The lowest BCUT2D eigenvalue weighted by Gasteiger charge is -2.13. The SMILES string of the molecule is [2H]c1c([2H])c(C)c([2H])c(OCC([2H])(O)CCC([2H])([2H])C([2H])([2H])c2c([2H])c([2H])c(OC)c(OC([2H])([2H])[2H])c2[2H])c1[2H]. The summed E-state index contributed by atoms with van der Waals surface area (Å²) in [6.45, 7) is 0.444. The van der Waals surface area contributed by atoms with Crippen LogP contribution in [0.3, 0.4) is 0 Å². The fourth-order valence-corrected chi connectivity index (χ4v) is 1.73. The van der Waals surface area contributed by atoms with E-state index >= 15 is 0 Å². The van der Waals surface area contributed by atoms with E-state index in [1.807, 2.05) is 0 Å². The zero-order valence-electron chi connectivity index (χ0n) is 28.8. The quantitative estimate of drug-likeness (QED) is 0.692. The highest BCUT2D eigenvalue weighted by Gasteiger charge is 2.07. The Morgan fingerprint density at radius 3 is 2.92 bits per heavy atom. The van der Waals surface area contributed by atoms with Crippen molar-refractivity contribution in [1.82, 2.24) is 0 Å². The van der Waals surface area contributed by atoms with Crippen LogP contribution in [0.25, 0.3) is 0 Å². The predicted molar refractivity (Wildman–Crippen MR) is 99.8 cm³/mol. The lowest BCUT2D eigenvalue weighted by atomic mass is 10.0. The molecule has 0 aromatic heterocycles. The van der Waals surface area contributed by atoms with E-state index in [0.29, 0.717) is 0 Å². The Balaban J connectivity index is 2.39. The zero-order chi connectivity index (χ0) is 31.2. The average molecular weight is 360 g/mol.